The molecule has 3 unspecified atom stereocenters. The molecule has 3 atom stereocenters. The molecule has 0 amide bonds. The van der Waals surface area contributed by atoms with Crippen LogP contribution in [0.15, 0.2) is 0 Å². The Balaban J connectivity index is 1.72. The van der Waals surface area contributed by atoms with E-state index in [4.69, 9.17) is 11.1 Å². The molecule has 2 fully saturated rings. The molecule has 0 aromatic rings. The van der Waals surface area contributed by atoms with Crippen LogP contribution in [0.4, 0.5) is 0 Å². The number of rotatable bonds is 6. The Kier molecular flexibility index (Phi) is 6.53. The van der Waals surface area contributed by atoms with E-state index >= 15 is 0 Å². The molecule has 2 rings (SSSR count). The van der Waals surface area contributed by atoms with Crippen molar-refractivity contribution < 1.29 is 12.6 Å². The Morgan fingerprint density at radius 1 is 1.39 bits per heavy atom. The van der Waals surface area contributed by atoms with Crippen LogP contribution in [0.3, 0.4) is 0 Å². The second kappa shape index (κ2) is 8.00. The monoisotopic (exact) mass is 363 g/mol. The molecule has 0 aromatic heterocycles. The maximum Gasteiger partial charge on any atom is 0.208 e. The second-order valence-corrected chi connectivity index (χ2v) is 9.75. The average molecular weight is 364 g/mol. The number of hydrogen-bond acceptors (Lipinski definition) is 7. The van der Waals surface area contributed by atoms with Gasteiger partial charge in [-0.1, -0.05) is 0 Å². The zero-order chi connectivity index (χ0) is 17.0. The van der Waals surface area contributed by atoms with Crippen LogP contribution in [0.2, 0.25) is 0 Å². The van der Waals surface area contributed by atoms with Gasteiger partial charge in [-0.2, -0.15) is 5.26 Å². The summed E-state index contributed by atoms with van der Waals surface area (Å²) in [6, 6.07) is 1.98. The van der Waals surface area contributed by atoms with E-state index in [1.807, 2.05) is 0 Å². The fraction of sp³-hybridized carbons (Fsp3) is 0.923. The lowest BCUT2D eigenvalue weighted by Crippen LogP contribution is -2.48. The first-order valence-corrected chi connectivity index (χ1v) is 11.1. The molecule has 1 heterocycles. The van der Waals surface area contributed by atoms with Crippen LogP contribution in [0, 0.1) is 11.3 Å². The molecule has 0 bridgehead atoms. The fourth-order valence-electron chi connectivity index (χ4n) is 3.20. The smallest absolute Gasteiger partial charge is 0.208 e. The topological polar surface area (TPSA) is 128 Å². The lowest BCUT2D eigenvalue weighted by Gasteiger charge is -2.34. The second-order valence-electron chi connectivity index (χ2n) is 6.31. The number of nitrogens with one attached hydrogen (secondary N) is 2. The molecule has 132 valence electrons. The van der Waals surface area contributed by atoms with Crippen molar-refractivity contribution in [1.29, 1.82) is 5.26 Å². The van der Waals surface area contributed by atoms with Crippen molar-refractivity contribution in [2.45, 2.75) is 55.6 Å². The summed E-state index contributed by atoms with van der Waals surface area (Å²) in [5, 5.41) is 13.5. The Bertz CT molecular complexity index is 569. The van der Waals surface area contributed by atoms with Crippen LogP contribution < -0.4 is 15.9 Å². The van der Waals surface area contributed by atoms with Crippen molar-refractivity contribution in [3.8, 4) is 6.07 Å². The van der Waals surface area contributed by atoms with Crippen molar-refractivity contribution in [2.24, 2.45) is 5.84 Å². The van der Waals surface area contributed by atoms with Crippen molar-refractivity contribution in [3.05, 3.63) is 0 Å². The van der Waals surface area contributed by atoms with Crippen LogP contribution in [-0.4, -0.2) is 59.7 Å². The number of nitrogens with zero attached hydrogens (tertiary/aromatic N) is 2. The van der Waals surface area contributed by atoms with Gasteiger partial charge in [0.1, 0.15) is 6.04 Å². The van der Waals surface area contributed by atoms with Gasteiger partial charge in [0.25, 0.3) is 0 Å². The Hall–Kier alpha value is -0.570. The summed E-state index contributed by atoms with van der Waals surface area (Å²) in [7, 11) is -4.18. The minimum absolute atomic E-state index is 0.00459. The molecule has 0 radical (unpaired) electrons. The predicted molar refractivity (Wildman–Crippen MR) is 88.9 cm³/mol. The maximum absolute atomic E-state index is 11.9. The Morgan fingerprint density at radius 2 is 2.04 bits per heavy atom. The summed E-state index contributed by atoms with van der Waals surface area (Å²) in [6.45, 7) is 0.608. The fourth-order valence-corrected chi connectivity index (χ4v) is 5.45. The minimum atomic E-state index is -3.16. The Morgan fingerprint density at radius 3 is 2.57 bits per heavy atom. The zero-order valence-corrected chi connectivity index (χ0v) is 14.9. The van der Waals surface area contributed by atoms with Crippen LogP contribution in [0.1, 0.15) is 32.1 Å². The summed E-state index contributed by atoms with van der Waals surface area (Å²) in [4.78, 5) is 0. The van der Waals surface area contributed by atoms with Gasteiger partial charge < -0.3 is 0 Å². The molecule has 1 saturated heterocycles. The summed E-state index contributed by atoms with van der Waals surface area (Å²) in [5.74, 6) is 6.50. The standard InChI is InChI=1S/C13H25N5O3S2/c1-23(20,21)17-10-2-4-12(5-3-10)18(15)7-6-13-16-11(8-14)9-22(13)19/h10-13,16-17H,2-7,9,15H2,1H3. The number of nitrogens with two attached hydrogens (primary N) is 1. The first-order chi connectivity index (χ1) is 10.8. The zero-order valence-electron chi connectivity index (χ0n) is 13.3. The largest absolute Gasteiger partial charge is 0.287 e. The van der Waals surface area contributed by atoms with E-state index in [1.54, 1.807) is 5.01 Å². The SMILES string of the molecule is CS(=O)(=O)NC1CCC(N(N)CCC2NC(C#N)CS2=O)CC1. The molecule has 1 aliphatic heterocycles. The first-order valence-electron chi connectivity index (χ1n) is 7.80. The van der Waals surface area contributed by atoms with E-state index < -0.39 is 20.8 Å². The molecule has 10 heteroatoms. The van der Waals surface area contributed by atoms with Gasteiger partial charge in [-0.15, -0.1) is 0 Å². The number of sulfonamides is 1. The summed E-state index contributed by atoms with van der Waals surface area (Å²) in [6.07, 6.45) is 5.04. The van der Waals surface area contributed by atoms with Gasteiger partial charge in [-0.3, -0.25) is 15.4 Å². The number of nitriles is 1. The highest BCUT2D eigenvalue weighted by atomic mass is 32.2. The predicted octanol–water partition coefficient (Wildman–Crippen LogP) is -1.02. The molecule has 0 spiro atoms. The van der Waals surface area contributed by atoms with Crippen molar-refractivity contribution in [2.75, 3.05) is 18.6 Å². The number of hydrogen-bond donors (Lipinski definition) is 3. The van der Waals surface area contributed by atoms with Crippen LogP contribution in [0.5, 0.6) is 0 Å². The molecule has 4 N–H and O–H groups in total. The van der Waals surface area contributed by atoms with Gasteiger partial charge in [0.15, 0.2) is 0 Å². The van der Waals surface area contributed by atoms with Gasteiger partial charge in [-0.05, 0) is 32.1 Å². The molecule has 2 aliphatic rings. The van der Waals surface area contributed by atoms with E-state index in [2.05, 4.69) is 16.1 Å². The molecule has 0 aromatic carbocycles. The van der Waals surface area contributed by atoms with Crippen molar-refractivity contribution in [1.82, 2.24) is 15.0 Å². The van der Waals surface area contributed by atoms with Gasteiger partial charge >= 0.3 is 0 Å². The van der Waals surface area contributed by atoms with E-state index in [0.717, 1.165) is 25.7 Å². The third-order valence-electron chi connectivity index (χ3n) is 4.39. The Labute approximate surface area is 140 Å². The molecule has 8 nitrogen and oxygen atoms in total. The third-order valence-corrected chi connectivity index (χ3v) is 6.82. The van der Waals surface area contributed by atoms with Crippen LogP contribution in [0.25, 0.3) is 0 Å². The molecule has 1 saturated carbocycles. The lowest BCUT2D eigenvalue weighted by atomic mass is 9.91. The quantitative estimate of drug-likeness (QED) is 0.407. The van der Waals surface area contributed by atoms with E-state index in [9.17, 15) is 12.6 Å². The van der Waals surface area contributed by atoms with E-state index in [1.165, 1.54) is 6.26 Å². The molecule has 23 heavy (non-hydrogen) atoms. The van der Waals surface area contributed by atoms with Gasteiger partial charge in [0, 0.05) is 29.4 Å². The summed E-state index contributed by atoms with van der Waals surface area (Å²) < 4.78 is 37.0. The van der Waals surface area contributed by atoms with Crippen molar-refractivity contribution in [3.63, 3.8) is 0 Å². The van der Waals surface area contributed by atoms with Gasteiger partial charge in [0.05, 0.1) is 23.5 Å². The lowest BCUT2D eigenvalue weighted by molar-refractivity contribution is 0.146. The van der Waals surface area contributed by atoms with E-state index in [0.29, 0.717) is 18.7 Å². The normalized spacial score (nSPS) is 35.3. The minimum Gasteiger partial charge on any atom is -0.287 e. The summed E-state index contributed by atoms with van der Waals surface area (Å²) >= 11 is 0. The third kappa shape index (κ3) is 5.77. The average Bonchev–Trinajstić information content (AvgIpc) is 2.84. The van der Waals surface area contributed by atoms with Crippen LogP contribution >= 0.6 is 0 Å². The molecular weight excluding hydrogens is 338 g/mol. The highest BCUT2D eigenvalue weighted by Crippen LogP contribution is 2.22. The van der Waals surface area contributed by atoms with Crippen LogP contribution in [-0.2, 0) is 20.8 Å². The van der Waals surface area contributed by atoms with Crippen molar-refractivity contribution >= 4 is 20.8 Å². The first kappa shape index (κ1) is 18.8. The summed E-state index contributed by atoms with van der Waals surface area (Å²) in [5.41, 5.74) is 0. The number of hydrazine groups is 1. The van der Waals surface area contributed by atoms with E-state index in [-0.39, 0.29) is 23.5 Å². The highest BCUT2D eigenvalue weighted by molar-refractivity contribution is 7.88. The highest BCUT2D eigenvalue weighted by Gasteiger charge is 2.31. The molecular formula is C13H25N5O3S2. The van der Waals surface area contributed by atoms with Gasteiger partial charge in [0.2, 0.25) is 10.0 Å². The maximum atomic E-state index is 11.9. The van der Waals surface area contributed by atoms with Gasteiger partial charge in [-0.25, -0.2) is 18.1 Å². The molecule has 1 aliphatic carbocycles.